The minimum Gasteiger partial charge on any atom is -0.431 e. The fourth-order valence-electron chi connectivity index (χ4n) is 2.90. The molecule has 2 atom stereocenters. The van der Waals surface area contributed by atoms with Crippen molar-refractivity contribution in [2.75, 3.05) is 0 Å². The van der Waals surface area contributed by atoms with Crippen LogP contribution >= 0.6 is 0 Å². The standard InChI is InChI=1S/C12H18O2/c1-8-10-4-5-12(3,6-10)7-11(8)14-9(2)13/h10H,4-7H2,1-3H3. The van der Waals surface area contributed by atoms with E-state index in [9.17, 15) is 4.79 Å². The number of carbonyl (C=O) groups is 1. The van der Waals surface area contributed by atoms with E-state index >= 15 is 0 Å². The van der Waals surface area contributed by atoms with Crippen LogP contribution in [0, 0.1) is 11.3 Å². The lowest BCUT2D eigenvalue weighted by Crippen LogP contribution is -2.21. The molecule has 2 bridgehead atoms. The SMILES string of the molecule is CC(=O)OC1=C(C)C2CCC(C)(C1)C2. The molecule has 2 unspecified atom stereocenters. The molecule has 2 rings (SSSR count). The highest BCUT2D eigenvalue weighted by molar-refractivity contribution is 5.67. The molecule has 0 aliphatic heterocycles. The predicted molar refractivity (Wildman–Crippen MR) is 54.5 cm³/mol. The van der Waals surface area contributed by atoms with Crippen molar-refractivity contribution < 1.29 is 9.53 Å². The van der Waals surface area contributed by atoms with Gasteiger partial charge in [0, 0.05) is 13.3 Å². The maximum atomic E-state index is 10.9. The summed E-state index contributed by atoms with van der Waals surface area (Å²) in [5, 5.41) is 0. The Hall–Kier alpha value is -0.790. The topological polar surface area (TPSA) is 26.3 Å². The molecule has 78 valence electrons. The van der Waals surface area contributed by atoms with Crippen LogP contribution in [0.2, 0.25) is 0 Å². The molecule has 0 N–H and O–H groups in total. The molecular weight excluding hydrogens is 176 g/mol. The van der Waals surface area contributed by atoms with Gasteiger partial charge in [-0.1, -0.05) is 6.92 Å². The van der Waals surface area contributed by atoms with Crippen LogP contribution < -0.4 is 0 Å². The van der Waals surface area contributed by atoms with Gasteiger partial charge in [-0.25, -0.2) is 0 Å². The molecule has 0 aromatic rings. The second-order valence-corrected chi connectivity index (χ2v) is 5.13. The van der Waals surface area contributed by atoms with Crippen molar-refractivity contribution in [1.82, 2.24) is 0 Å². The quantitative estimate of drug-likeness (QED) is 0.600. The van der Waals surface area contributed by atoms with Gasteiger partial charge in [-0.2, -0.15) is 0 Å². The van der Waals surface area contributed by atoms with Crippen LogP contribution in [0.3, 0.4) is 0 Å². The van der Waals surface area contributed by atoms with Gasteiger partial charge in [0.1, 0.15) is 5.76 Å². The van der Waals surface area contributed by atoms with Crippen LogP contribution in [0.1, 0.15) is 46.5 Å². The van der Waals surface area contributed by atoms with Crippen LogP contribution in [-0.4, -0.2) is 5.97 Å². The number of carbonyl (C=O) groups excluding carboxylic acids is 1. The van der Waals surface area contributed by atoms with Crippen molar-refractivity contribution >= 4 is 5.97 Å². The van der Waals surface area contributed by atoms with E-state index in [-0.39, 0.29) is 5.97 Å². The predicted octanol–water partition coefficient (Wildman–Crippen LogP) is 3.03. The monoisotopic (exact) mass is 194 g/mol. The fourth-order valence-corrected chi connectivity index (χ4v) is 2.90. The molecule has 0 aromatic heterocycles. The number of esters is 1. The third-order valence-electron chi connectivity index (χ3n) is 3.74. The molecule has 2 heteroatoms. The Labute approximate surface area is 85.3 Å². The molecule has 0 heterocycles. The summed E-state index contributed by atoms with van der Waals surface area (Å²) >= 11 is 0. The van der Waals surface area contributed by atoms with Crippen LogP contribution in [-0.2, 0) is 9.53 Å². The Balaban J connectivity index is 2.23. The van der Waals surface area contributed by atoms with Gasteiger partial charge in [0.2, 0.25) is 0 Å². The van der Waals surface area contributed by atoms with Crippen LogP contribution in [0.15, 0.2) is 11.3 Å². The maximum absolute atomic E-state index is 10.9. The minimum absolute atomic E-state index is 0.177. The third-order valence-corrected chi connectivity index (χ3v) is 3.74. The van der Waals surface area contributed by atoms with Crippen molar-refractivity contribution in [3.8, 4) is 0 Å². The Bertz CT molecular complexity index is 303. The van der Waals surface area contributed by atoms with Crippen LogP contribution in [0.5, 0.6) is 0 Å². The van der Waals surface area contributed by atoms with Crippen molar-refractivity contribution in [3.05, 3.63) is 11.3 Å². The first-order valence-corrected chi connectivity index (χ1v) is 5.38. The Morgan fingerprint density at radius 2 is 2.29 bits per heavy atom. The first-order chi connectivity index (χ1) is 6.50. The zero-order valence-corrected chi connectivity index (χ0v) is 9.22. The molecule has 2 aliphatic rings. The van der Waals surface area contributed by atoms with Gasteiger partial charge in [-0.3, -0.25) is 4.79 Å². The summed E-state index contributed by atoms with van der Waals surface area (Å²) in [5.41, 5.74) is 1.71. The minimum atomic E-state index is -0.177. The average molecular weight is 194 g/mol. The van der Waals surface area contributed by atoms with Gasteiger partial charge in [0.25, 0.3) is 0 Å². The van der Waals surface area contributed by atoms with Crippen LogP contribution in [0.4, 0.5) is 0 Å². The summed E-state index contributed by atoms with van der Waals surface area (Å²) in [6.07, 6.45) is 4.78. The molecule has 1 saturated carbocycles. The van der Waals surface area contributed by atoms with Crippen molar-refractivity contribution in [2.45, 2.75) is 46.5 Å². The number of allylic oxidation sites excluding steroid dienone is 2. The second-order valence-electron chi connectivity index (χ2n) is 5.13. The molecule has 1 fully saturated rings. The van der Waals surface area contributed by atoms with Crippen LogP contribution in [0.25, 0.3) is 0 Å². The van der Waals surface area contributed by atoms with Crippen molar-refractivity contribution in [2.24, 2.45) is 11.3 Å². The first kappa shape index (κ1) is 9.75. The summed E-state index contributed by atoms with van der Waals surface area (Å²) in [5.74, 6) is 1.45. The van der Waals surface area contributed by atoms with E-state index < -0.39 is 0 Å². The van der Waals surface area contributed by atoms with E-state index in [0.29, 0.717) is 11.3 Å². The lowest BCUT2D eigenvalue weighted by atomic mass is 9.77. The molecule has 0 spiro atoms. The summed E-state index contributed by atoms with van der Waals surface area (Å²) in [6.45, 7) is 5.91. The molecular formula is C12H18O2. The summed E-state index contributed by atoms with van der Waals surface area (Å²) in [6, 6.07) is 0. The van der Waals surface area contributed by atoms with Gasteiger partial charge in [-0.05, 0) is 43.1 Å². The fraction of sp³-hybridized carbons (Fsp3) is 0.750. The smallest absolute Gasteiger partial charge is 0.307 e. The van der Waals surface area contributed by atoms with Crippen molar-refractivity contribution in [1.29, 1.82) is 0 Å². The molecule has 0 aromatic carbocycles. The highest BCUT2D eigenvalue weighted by Gasteiger charge is 2.42. The lowest BCUT2D eigenvalue weighted by Gasteiger charge is -2.31. The third kappa shape index (κ3) is 1.58. The summed E-state index contributed by atoms with van der Waals surface area (Å²) < 4.78 is 5.29. The number of fused-ring (bicyclic) bond motifs is 2. The molecule has 0 saturated heterocycles. The van der Waals surface area contributed by atoms with E-state index in [1.807, 2.05) is 0 Å². The largest absolute Gasteiger partial charge is 0.431 e. The van der Waals surface area contributed by atoms with Crippen molar-refractivity contribution in [3.63, 3.8) is 0 Å². The van der Waals surface area contributed by atoms with E-state index in [1.165, 1.54) is 31.8 Å². The van der Waals surface area contributed by atoms with Gasteiger partial charge >= 0.3 is 5.97 Å². The van der Waals surface area contributed by atoms with E-state index in [4.69, 9.17) is 4.74 Å². The highest BCUT2D eigenvalue weighted by Crippen LogP contribution is 2.53. The second kappa shape index (κ2) is 3.11. The molecule has 0 amide bonds. The van der Waals surface area contributed by atoms with Gasteiger partial charge in [0.15, 0.2) is 0 Å². The number of rotatable bonds is 1. The molecule has 14 heavy (non-hydrogen) atoms. The average Bonchev–Trinajstić information content (AvgIpc) is 2.40. The Morgan fingerprint density at radius 3 is 2.93 bits per heavy atom. The zero-order valence-electron chi connectivity index (χ0n) is 9.22. The Kier molecular flexibility index (Phi) is 2.17. The molecule has 0 radical (unpaired) electrons. The van der Waals surface area contributed by atoms with Gasteiger partial charge in [-0.15, -0.1) is 0 Å². The molecule has 2 aliphatic carbocycles. The first-order valence-electron chi connectivity index (χ1n) is 5.38. The Morgan fingerprint density at radius 1 is 1.57 bits per heavy atom. The summed E-state index contributed by atoms with van der Waals surface area (Å²) in [7, 11) is 0. The van der Waals surface area contributed by atoms with Gasteiger partial charge in [0.05, 0.1) is 0 Å². The molecule has 2 nitrogen and oxygen atoms in total. The van der Waals surface area contributed by atoms with E-state index in [1.54, 1.807) is 0 Å². The highest BCUT2D eigenvalue weighted by atomic mass is 16.5. The summed E-state index contributed by atoms with van der Waals surface area (Å²) in [4.78, 5) is 10.9. The number of hydrogen-bond acceptors (Lipinski definition) is 2. The number of ether oxygens (including phenoxy) is 1. The van der Waals surface area contributed by atoms with E-state index in [2.05, 4.69) is 13.8 Å². The van der Waals surface area contributed by atoms with Gasteiger partial charge < -0.3 is 4.74 Å². The lowest BCUT2D eigenvalue weighted by molar-refractivity contribution is -0.137. The number of hydrogen-bond donors (Lipinski definition) is 0. The zero-order chi connectivity index (χ0) is 10.3. The normalized spacial score (nSPS) is 36.1. The van der Waals surface area contributed by atoms with E-state index in [0.717, 1.165) is 12.2 Å². The maximum Gasteiger partial charge on any atom is 0.307 e.